The third-order valence-electron chi connectivity index (χ3n) is 3.12. The van der Waals surface area contributed by atoms with E-state index in [1.807, 2.05) is 36.0 Å². The van der Waals surface area contributed by atoms with Gasteiger partial charge in [0.1, 0.15) is 0 Å². The molecule has 0 aliphatic carbocycles. The van der Waals surface area contributed by atoms with Gasteiger partial charge in [-0.25, -0.2) is 0 Å². The molecule has 0 fully saturated rings. The van der Waals surface area contributed by atoms with Gasteiger partial charge < -0.3 is 5.11 Å². The van der Waals surface area contributed by atoms with E-state index >= 15 is 0 Å². The van der Waals surface area contributed by atoms with Crippen molar-refractivity contribution in [2.75, 3.05) is 0 Å². The number of rotatable bonds is 4. The van der Waals surface area contributed by atoms with Crippen LogP contribution in [-0.4, -0.2) is 14.9 Å². The number of hydrogen-bond donors (Lipinski definition) is 1. The van der Waals surface area contributed by atoms with Crippen LogP contribution in [0.4, 0.5) is 0 Å². The Bertz CT molecular complexity index is 583. The molecule has 1 unspecified atom stereocenters. The van der Waals surface area contributed by atoms with Crippen molar-refractivity contribution in [2.45, 2.75) is 25.9 Å². The van der Waals surface area contributed by atoms with Crippen molar-refractivity contribution in [3.8, 4) is 0 Å². The van der Waals surface area contributed by atoms with E-state index in [2.05, 4.69) is 50.5 Å². The van der Waals surface area contributed by atoms with Gasteiger partial charge in [-0.15, -0.1) is 0 Å². The first-order valence-electron chi connectivity index (χ1n) is 6.16. The molecule has 1 atom stereocenters. The predicted molar refractivity (Wildman–Crippen MR) is 88.1 cm³/mol. The SMILES string of the molecule is CCc1nn(C)c(CC(O)c2cccc(I)c2)c1Br. The van der Waals surface area contributed by atoms with Gasteiger partial charge in [0.25, 0.3) is 0 Å². The fraction of sp³-hybridized carbons (Fsp3) is 0.357. The van der Waals surface area contributed by atoms with Crippen molar-refractivity contribution in [1.29, 1.82) is 0 Å². The molecular formula is C14H16BrIN2O. The molecule has 2 rings (SSSR count). The maximum atomic E-state index is 10.4. The molecule has 1 aromatic heterocycles. The first kappa shape index (κ1) is 15.0. The van der Waals surface area contributed by atoms with E-state index < -0.39 is 6.10 Å². The van der Waals surface area contributed by atoms with E-state index in [9.17, 15) is 5.11 Å². The topological polar surface area (TPSA) is 38.0 Å². The first-order valence-corrected chi connectivity index (χ1v) is 8.03. The van der Waals surface area contributed by atoms with Crippen LogP contribution in [0.1, 0.15) is 30.0 Å². The second-order valence-corrected chi connectivity index (χ2v) is 6.50. The lowest BCUT2D eigenvalue weighted by Gasteiger charge is -2.12. The normalized spacial score (nSPS) is 12.7. The average molecular weight is 435 g/mol. The van der Waals surface area contributed by atoms with E-state index in [0.717, 1.165) is 31.4 Å². The van der Waals surface area contributed by atoms with Crippen LogP contribution in [0.3, 0.4) is 0 Å². The van der Waals surface area contributed by atoms with Gasteiger partial charge in [-0.2, -0.15) is 5.10 Å². The number of benzene rings is 1. The maximum Gasteiger partial charge on any atom is 0.0846 e. The number of aliphatic hydroxyl groups excluding tert-OH is 1. The monoisotopic (exact) mass is 434 g/mol. The molecule has 1 N–H and O–H groups in total. The smallest absolute Gasteiger partial charge is 0.0846 e. The number of nitrogens with zero attached hydrogens (tertiary/aromatic N) is 2. The Morgan fingerprint density at radius 3 is 2.79 bits per heavy atom. The second kappa shape index (κ2) is 6.37. The Balaban J connectivity index is 2.24. The molecule has 3 nitrogen and oxygen atoms in total. The van der Waals surface area contributed by atoms with Gasteiger partial charge in [-0.3, -0.25) is 4.68 Å². The molecule has 0 bridgehead atoms. The fourth-order valence-electron chi connectivity index (χ4n) is 2.06. The number of aryl methyl sites for hydroxylation is 2. The summed E-state index contributed by atoms with van der Waals surface area (Å²) >= 11 is 5.84. The lowest BCUT2D eigenvalue weighted by Crippen LogP contribution is -2.07. The Morgan fingerprint density at radius 1 is 1.47 bits per heavy atom. The summed E-state index contributed by atoms with van der Waals surface area (Å²) in [5.41, 5.74) is 3.01. The number of hydrogen-bond acceptors (Lipinski definition) is 2. The van der Waals surface area contributed by atoms with E-state index in [-0.39, 0.29) is 0 Å². The van der Waals surface area contributed by atoms with Gasteiger partial charge in [0, 0.05) is 17.0 Å². The van der Waals surface area contributed by atoms with Crippen molar-refractivity contribution in [2.24, 2.45) is 7.05 Å². The van der Waals surface area contributed by atoms with Crippen LogP contribution in [-0.2, 0) is 19.9 Å². The molecule has 1 aromatic carbocycles. The maximum absolute atomic E-state index is 10.4. The lowest BCUT2D eigenvalue weighted by atomic mass is 10.0. The molecule has 19 heavy (non-hydrogen) atoms. The van der Waals surface area contributed by atoms with E-state index in [0.29, 0.717) is 6.42 Å². The van der Waals surface area contributed by atoms with Crippen molar-refractivity contribution in [3.63, 3.8) is 0 Å². The zero-order valence-electron chi connectivity index (χ0n) is 10.9. The Morgan fingerprint density at radius 2 is 2.21 bits per heavy atom. The summed E-state index contributed by atoms with van der Waals surface area (Å²) in [6.07, 6.45) is 0.934. The van der Waals surface area contributed by atoms with E-state index in [1.54, 1.807) is 0 Å². The van der Waals surface area contributed by atoms with Crippen molar-refractivity contribution >= 4 is 38.5 Å². The quantitative estimate of drug-likeness (QED) is 0.746. The summed E-state index contributed by atoms with van der Waals surface area (Å²) < 4.78 is 4.00. The molecule has 0 amide bonds. The van der Waals surface area contributed by atoms with Crippen LogP contribution in [0.5, 0.6) is 0 Å². The van der Waals surface area contributed by atoms with Crippen molar-refractivity contribution in [1.82, 2.24) is 9.78 Å². The molecular weight excluding hydrogens is 419 g/mol. The van der Waals surface area contributed by atoms with Crippen LogP contribution in [0, 0.1) is 3.57 Å². The fourth-order valence-corrected chi connectivity index (χ4v) is 3.40. The molecule has 2 aromatic rings. The number of halogens is 2. The first-order chi connectivity index (χ1) is 9.02. The molecule has 0 spiro atoms. The second-order valence-electron chi connectivity index (χ2n) is 4.46. The van der Waals surface area contributed by atoms with Gasteiger partial charge in [-0.1, -0.05) is 19.1 Å². The summed E-state index contributed by atoms with van der Waals surface area (Å²) in [4.78, 5) is 0. The minimum Gasteiger partial charge on any atom is -0.388 e. The van der Waals surface area contributed by atoms with Crippen molar-refractivity contribution < 1.29 is 5.11 Å². The van der Waals surface area contributed by atoms with E-state index in [1.165, 1.54) is 0 Å². The summed E-state index contributed by atoms with van der Waals surface area (Å²) in [5.74, 6) is 0. The molecule has 0 aliphatic heterocycles. The van der Waals surface area contributed by atoms with Crippen LogP contribution >= 0.6 is 38.5 Å². The minimum atomic E-state index is -0.508. The van der Waals surface area contributed by atoms with Crippen LogP contribution in [0.15, 0.2) is 28.7 Å². The third-order valence-corrected chi connectivity index (χ3v) is 4.71. The summed E-state index contributed by atoms with van der Waals surface area (Å²) in [5, 5.41) is 14.8. The van der Waals surface area contributed by atoms with Crippen LogP contribution in [0.2, 0.25) is 0 Å². The number of aromatic nitrogens is 2. The van der Waals surface area contributed by atoms with Gasteiger partial charge in [0.05, 0.1) is 22.0 Å². The Labute approximate surface area is 135 Å². The zero-order valence-corrected chi connectivity index (χ0v) is 14.6. The standard InChI is InChI=1S/C14H16BrIN2O/c1-3-11-14(15)12(18(2)17-11)8-13(19)9-5-4-6-10(16)7-9/h4-7,13,19H,3,8H2,1-2H3. The third kappa shape index (κ3) is 3.38. The predicted octanol–water partition coefficient (Wildman–Crippen LogP) is 3.63. The molecule has 0 radical (unpaired) electrons. The highest BCUT2D eigenvalue weighted by atomic mass is 127. The molecule has 0 aliphatic rings. The van der Waals surface area contributed by atoms with Crippen molar-refractivity contribution in [3.05, 3.63) is 49.3 Å². The van der Waals surface area contributed by atoms with Gasteiger partial charge in [0.2, 0.25) is 0 Å². The summed E-state index contributed by atoms with van der Waals surface area (Å²) in [7, 11) is 1.92. The lowest BCUT2D eigenvalue weighted by molar-refractivity contribution is 0.175. The zero-order chi connectivity index (χ0) is 14.0. The molecule has 0 saturated heterocycles. The summed E-state index contributed by atoms with van der Waals surface area (Å²) in [6.45, 7) is 2.08. The molecule has 1 heterocycles. The average Bonchev–Trinajstić information content (AvgIpc) is 2.66. The highest BCUT2D eigenvalue weighted by molar-refractivity contribution is 14.1. The largest absolute Gasteiger partial charge is 0.388 e. The van der Waals surface area contributed by atoms with Crippen LogP contribution in [0.25, 0.3) is 0 Å². The van der Waals surface area contributed by atoms with Gasteiger partial charge in [-0.05, 0) is 62.6 Å². The summed E-state index contributed by atoms with van der Waals surface area (Å²) in [6, 6.07) is 7.95. The van der Waals surface area contributed by atoms with Crippen LogP contribution < -0.4 is 0 Å². The highest BCUT2D eigenvalue weighted by Crippen LogP contribution is 2.27. The van der Waals surface area contributed by atoms with E-state index in [4.69, 9.17) is 0 Å². The minimum absolute atomic E-state index is 0.508. The Hall–Kier alpha value is -0.400. The Kier molecular flexibility index (Phi) is 5.03. The van der Waals surface area contributed by atoms with Gasteiger partial charge in [0.15, 0.2) is 0 Å². The van der Waals surface area contributed by atoms with Gasteiger partial charge >= 0.3 is 0 Å². The number of aliphatic hydroxyl groups is 1. The highest BCUT2D eigenvalue weighted by Gasteiger charge is 2.17. The molecule has 5 heteroatoms. The molecule has 0 saturated carbocycles. The molecule has 102 valence electrons.